The summed E-state index contributed by atoms with van der Waals surface area (Å²) in [6.45, 7) is 3.84. The number of hydrogen-bond acceptors (Lipinski definition) is 3. The molecule has 0 bridgehead atoms. The van der Waals surface area contributed by atoms with E-state index in [0.717, 1.165) is 28.1 Å². The lowest BCUT2D eigenvalue weighted by atomic mass is 9.95. The van der Waals surface area contributed by atoms with Gasteiger partial charge in [0.2, 0.25) is 0 Å². The summed E-state index contributed by atoms with van der Waals surface area (Å²) in [4.78, 5) is 4.43. The van der Waals surface area contributed by atoms with Crippen LogP contribution in [-0.2, 0) is 0 Å². The summed E-state index contributed by atoms with van der Waals surface area (Å²) in [5, 5.41) is 9.75. The Hall–Kier alpha value is -1.97. The minimum absolute atomic E-state index is 0.591. The molecule has 3 rings (SSSR count). The standard InChI is InChI=1S/C17H13Cl2N3/c1-10-15(12-5-7-13(18)8-6-12)16(11(2)22-21-10)17-14(19)4-3-9-20-17/h3-9H,1-2H3. The molecule has 0 aliphatic carbocycles. The van der Waals surface area contributed by atoms with E-state index < -0.39 is 0 Å². The van der Waals surface area contributed by atoms with Crippen molar-refractivity contribution in [3.8, 4) is 22.4 Å². The monoisotopic (exact) mass is 329 g/mol. The van der Waals surface area contributed by atoms with Crippen LogP contribution in [0.1, 0.15) is 11.4 Å². The van der Waals surface area contributed by atoms with E-state index in [0.29, 0.717) is 15.7 Å². The molecule has 0 radical (unpaired) electrons. The largest absolute Gasteiger partial charge is 0.255 e. The molecule has 0 saturated heterocycles. The van der Waals surface area contributed by atoms with Crippen LogP contribution in [-0.4, -0.2) is 15.2 Å². The Balaban J connectivity index is 2.33. The van der Waals surface area contributed by atoms with Crippen LogP contribution in [0, 0.1) is 13.8 Å². The van der Waals surface area contributed by atoms with Crippen LogP contribution in [0.15, 0.2) is 42.6 Å². The van der Waals surface area contributed by atoms with Crippen molar-refractivity contribution < 1.29 is 0 Å². The van der Waals surface area contributed by atoms with Crippen molar-refractivity contribution in [1.29, 1.82) is 0 Å². The maximum atomic E-state index is 6.34. The first kappa shape index (κ1) is 14.9. The first-order valence-corrected chi connectivity index (χ1v) is 7.54. The Kier molecular flexibility index (Phi) is 4.10. The lowest BCUT2D eigenvalue weighted by Gasteiger charge is -2.14. The summed E-state index contributed by atoms with van der Waals surface area (Å²) in [7, 11) is 0. The zero-order valence-corrected chi connectivity index (χ0v) is 13.7. The van der Waals surface area contributed by atoms with E-state index in [4.69, 9.17) is 23.2 Å². The second kappa shape index (κ2) is 6.03. The zero-order chi connectivity index (χ0) is 15.7. The fourth-order valence-electron chi connectivity index (χ4n) is 2.44. The van der Waals surface area contributed by atoms with Gasteiger partial charge in [-0.1, -0.05) is 35.3 Å². The number of halogens is 2. The van der Waals surface area contributed by atoms with E-state index in [1.165, 1.54) is 0 Å². The van der Waals surface area contributed by atoms with E-state index in [1.807, 2.05) is 50.2 Å². The average molecular weight is 330 g/mol. The third-order valence-electron chi connectivity index (χ3n) is 3.45. The van der Waals surface area contributed by atoms with Crippen LogP contribution in [0.5, 0.6) is 0 Å². The third-order valence-corrected chi connectivity index (χ3v) is 4.01. The van der Waals surface area contributed by atoms with Gasteiger partial charge in [-0.25, -0.2) is 0 Å². The molecular formula is C17H13Cl2N3. The number of benzene rings is 1. The molecule has 22 heavy (non-hydrogen) atoms. The normalized spacial score (nSPS) is 10.7. The average Bonchev–Trinajstić information content (AvgIpc) is 2.51. The Morgan fingerprint density at radius 1 is 0.818 bits per heavy atom. The zero-order valence-electron chi connectivity index (χ0n) is 12.1. The van der Waals surface area contributed by atoms with Gasteiger partial charge in [-0.05, 0) is 43.7 Å². The van der Waals surface area contributed by atoms with Gasteiger partial charge in [0.25, 0.3) is 0 Å². The molecule has 0 saturated carbocycles. The van der Waals surface area contributed by atoms with Crippen molar-refractivity contribution in [3.05, 3.63) is 64.0 Å². The number of aromatic nitrogens is 3. The predicted molar refractivity (Wildman–Crippen MR) is 90.2 cm³/mol. The number of aryl methyl sites for hydroxylation is 2. The fraction of sp³-hybridized carbons (Fsp3) is 0.118. The molecule has 0 atom stereocenters. The second-order valence-corrected chi connectivity index (χ2v) is 5.81. The molecule has 0 unspecified atom stereocenters. The van der Waals surface area contributed by atoms with Gasteiger partial charge in [0, 0.05) is 22.3 Å². The van der Waals surface area contributed by atoms with Gasteiger partial charge in [-0.2, -0.15) is 10.2 Å². The van der Waals surface area contributed by atoms with Gasteiger partial charge >= 0.3 is 0 Å². The van der Waals surface area contributed by atoms with Gasteiger partial charge in [-0.15, -0.1) is 0 Å². The van der Waals surface area contributed by atoms with Crippen molar-refractivity contribution in [2.45, 2.75) is 13.8 Å². The highest BCUT2D eigenvalue weighted by molar-refractivity contribution is 6.33. The highest BCUT2D eigenvalue weighted by Crippen LogP contribution is 2.37. The molecule has 3 nitrogen and oxygen atoms in total. The van der Waals surface area contributed by atoms with Gasteiger partial charge in [-0.3, -0.25) is 4.98 Å². The fourth-order valence-corrected chi connectivity index (χ4v) is 2.78. The summed E-state index contributed by atoms with van der Waals surface area (Å²) in [5.74, 6) is 0. The van der Waals surface area contributed by atoms with Crippen LogP contribution in [0.25, 0.3) is 22.4 Å². The Labute approximate surface area is 139 Å². The highest BCUT2D eigenvalue weighted by Gasteiger charge is 2.18. The minimum atomic E-state index is 0.591. The Morgan fingerprint density at radius 2 is 1.45 bits per heavy atom. The van der Waals surface area contributed by atoms with Crippen molar-refractivity contribution in [2.75, 3.05) is 0 Å². The topological polar surface area (TPSA) is 38.7 Å². The summed E-state index contributed by atoms with van der Waals surface area (Å²) < 4.78 is 0. The summed E-state index contributed by atoms with van der Waals surface area (Å²) in [6.07, 6.45) is 1.72. The van der Waals surface area contributed by atoms with E-state index in [9.17, 15) is 0 Å². The molecule has 2 aromatic heterocycles. The molecule has 0 amide bonds. The van der Waals surface area contributed by atoms with E-state index in [2.05, 4.69) is 15.2 Å². The van der Waals surface area contributed by atoms with Crippen LogP contribution in [0.4, 0.5) is 0 Å². The number of rotatable bonds is 2. The molecule has 0 N–H and O–H groups in total. The van der Waals surface area contributed by atoms with E-state index in [1.54, 1.807) is 6.20 Å². The molecule has 0 fully saturated rings. The lowest BCUT2D eigenvalue weighted by Crippen LogP contribution is -2.01. The third kappa shape index (κ3) is 2.70. The first-order valence-electron chi connectivity index (χ1n) is 6.78. The number of hydrogen-bond donors (Lipinski definition) is 0. The highest BCUT2D eigenvalue weighted by atomic mass is 35.5. The first-order chi connectivity index (χ1) is 10.6. The van der Waals surface area contributed by atoms with Gasteiger partial charge < -0.3 is 0 Å². The molecule has 1 aromatic carbocycles. The predicted octanol–water partition coefficient (Wildman–Crippen LogP) is 5.13. The molecule has 5 heteroatoms. The quantitative estimate of drug-likeness (QED) is 0.654. The van der Waals surface area contributed by atoms with Gasteiger partial charge in [0.15, 0.2) is 0 Å². The molecule has 110 valence electrons. The SMILES string of the molecule is Cc1nnc(C)c(-c2ncccc2Cl)c1-c1ccc(Cl)cc1. The van der Waals surface area contributed by atoms with Gasteiger partial charge in [0.05, 0.1) is 22.1 Å². The minimum Gasteiger partial charge on any atom is -0.255 e. The molecule has 2 heterocycles. The van der Waals surface area contributed by atoms with Gasteiger partial charge in [0.1, 0.15) is 0 Å². The van der Waals surface area contributed by atoms with Crippen molar-refractivity contribution in [3.63, 3.8) is 0 Å². The van der Waals surface area contributed by atoms with Crippen LogP contribution < -0.4 is 0 Å². The maximum Gasteiger partial charge on any atom is 0.0913 e. The van der Waals surface area contributed by atoms with Crippen molar-refractivity contribution in [1.82, 2.24) is 15.2 Å². The Morgan fingerprint density at radius 3 is 2.09 bits per heavy atom. The van der Waals surface area contributed by atoms with Crippen LogP contribution in [0.2, 0.25) is 10.0 Å². The molecule has 0 spiro atoms. The van der Waals surface area contributed by atoms with E-state index >= 15 is 0 Å². The molecule has 3 aromatic rings. The van der Waals surface area contributed by atoms with Crippen molar-refractivity contribution >= 4 is 23.2 Å². The maximum absolute atomic E-state index is 6.34. The summed E-state index contributed by atoms with van der Waals surface area (Å²) in [5.41, 5.74) is 5.22. The second-order valence-electron chi connectivity index (χ2n) is 4.96. The van der Waals surface area contributed by atoms with Crippen LogP contribution in [0.3, 0.4) is 0 Å². The number of nitrogens with zero attached hydrogens (tertiary/aromatic N) is 3. The summed E-state index contributed by atoms with van der Waals surface area (Å²) >= 11 is 12.3. The van der Waals surface area contributed by atoms with Crippen molar-refractivity contribution in [2.24, 2.45) is 0 Å². The molecule has 0 aliphatic heterocycles. The smallest absolute Gasteiger partial charge is 0.0913 e. The molecule has 0 aliphatic rings. The summed E-state index contributed by atoms with van der Waals surface area (Å²) in [6, 6.07) is 11.3. The van der Waals surface area contributed by atoms with Crippen LogP contribution >= 0.6 is 23.2 Å². The Bertz CT molecular complexity index is 830. The molecular weight excluding hydrogens is 317 g/mol. The number of pyridine rings is 1. The lowest BCUT2D eigenvalue weighted by molar-refractivity contribution is 0.944. The van der Waals surface area contributed by atoms with E-state index in [-0.39, 0.29) is 0 Å².